The Morgan fingerprint density at radius 3 is 1.66 bits per heavy atom. The Bertz CT molecular complexity index is 1240. The summed E-state index contributed by atoms with van der Waals surface area (Å²) < 4.78 is 27.7. The summed E-state index contributed by atoms with van der Waals surface area (Å²) in [5.41, 5.74) is 3.52. The molecule has 0 aliphatic carbocycles. The molecule has 1 aliphatic heterocycles. The molecule has 1 saturated heterocycles. The Labute approximate surface area is 238 Å². The molecule has 0 saturated carbocycles. The molecule has 41 heavy (non-hydrogen) atoms. The van der Waals surface area contributed by atoms with Crippen molar-refractivity contribution in [3.63, 3.8) is 0 Å². The van der Waals surface area contributed by atoms with Crippen LogP contribution in [0.4, 0.5) is 0 Å². The fraction of sp³-hybridized carbons (Fsp3) is 0.433. The SMILES string of the molecule is CC(=O)OC1[C@H](NC(=O)Cc2ccc(C)cc2)OC(COC(=O)Cc2ccc(C)cc2)[C@@H](OC(C)=O)[C@@H]1OC(C)=O. The molecule has 0 spiro atoms. The van der Waals surface area contributed by atoms with Gasteiger partial charge in [0.1, 0.15) is 12.7 Å². The second-order valence-corrected chi connectivity index (χ2v) is 9.89. The summed E-state index contributed by atoms with van der Waals surface area (Å²) in [5.74, 6) is -3.30. The monoisotopic (exact) mass is 569 g/mol. The number of aryl methyl sites for hydroxylation is 2. The van der Waals surface area contributed by atoms with Gasteiger partial charge in [0, 0.05) is 20.8 Å². The van der Waals surface area contributed by atoms with Crippen LogP contribution in [0.2, 0.25) is 0 Å². The zero-order chi connectivity index (χ0) is 30.1. The lowest BCUT2D eigenvalue weighted by Gasteiger charge is -2.44. The van der Waals surface area contributed by atoms with E-state index >= 15 is 0 Å². The van der Waals surface area contributed by atoms with Crippen LogP contribution >= 0.6 is 0 Å². The Kier molecular flexibility index (Phi) is 11.0. The van der Waals surface area contributed by atoms with Gasteiger partial charge in [-0.2, -0.15) is 0 Å². The van der Waals surface area contributed by atoms with Crippen molar-refractivity contribution in [3.8, 4) is 0 Å². The summed E-state index contributed by atoms with van der Waals surface area (Å²) in [4.78, 5) is 61.7. The lowest BCUT2D eigenvalue weighted by Crippen LogP contribution is -2.66. The molecule has 1 fully saturated rings. The van der Waals surface area contributed by atoms with Crippen molar-refractivity contribution in [1.82, 2.24) is 5.32 Å². The molecule has 220 valence electrons. The summed E-state index contributed by atoms with van der Waals surface area (Å²) in [6.07, 6.45) is -6.62. The molecule has 2 aromatic rings. The maximum absolute atomic E-state index is 13.0. The van der Waals surface area contributed by atoms with Gasteiger partial charge in [-0.05, 0) is 25.0 Å². The number of rotatable bonds is 10. The van der Waals surface area contributed by atoms with Gasteiger partial charge in [0.25, 0.3) is 0 Å². The van der Waals surface area contributed by atoms with Crippen molar-refractivity contribution in [1.29, 1.82) is 0 Å². The third-order valence-electron chi connectivity index (χ3n) is 6.21. The zero-order valence-corrected chi connectivity index (χ0v) is 23.7. The van der Waals surface area contributed by atoms with Crippen LogP contribution in [0.3, 0.4) is 0 Å². The number of hydrogen-bond donors (Lipinski definition) is 1. The molecule has 1 amide bonds. The Morgan fingerprint density at radius 1 is 0.683 bits per heavy atom. The van der Waals surface area contributed by atoms with Gasteiger partial charge >= 0.3 is 23.9 Å². The average Bonchev–Trinajstić information content (AvgIpc) is 2.88. The van der Waals surface area contributed by atoms with Crippen LogP contribution in [0.1, 0.15) is 43.0 Å². The van der Waals surface area contributed by atoms with Crippen molar-refractivity contribution >= 4 is 29.8 Å². The van der Waals surface area contributed by atoms with E-state index < -0.39 is 67.0 Å². The third kappa shape index (κ3) is 9.71. The minimum atomic E-state index is -1.38. The number of hydrogen-bond acceptors (Lipinski definition) is 10. The van der Waals surface area contributed by atoms with Crippen LogP contribution in [0.5, 0.6) is 0 Å². The Morgan fingerprint density at radius 2 is 1.15 bits per heavy atom. The van der Waals surface area contributed by atoms with Crippen LogP contribution in [0.25, 0.3) is 0 Å². The maximum Gasteiger partial charge on any atom is 0.310 e. The predicted molar refractivity (Wildman–Crippen MR) is 144 cm³/mol. The van der Waals surface area contributed by atoms with Crippen LogP contribution in [0, 0.1) is 13.8 Å². The summed E-state index contributed by atoms with van der Waals surface area (Å²) in [5, 5.41) is 2.67. The molecule has 11 nitrogen and oxygen atoms in total. The van der Waals surface area contributed by atoms with Crippen LogP contribution in [-0.4, -0.2) is 67.0 Å². The highest BCUT2D eigenvalue weighted by Crippen LogP contribution is 2.28. The highest BCUT2D eigenvalue weighted by molar-refractivity contribution is 5.79. The van der Waals surface area contributed by atoms with E-state index in [9.17, 15) is 24.0 Å². The smallest absolute Gasteiger partial charge is 0.310 e. The molecular weight excluding hydrogens is 534 g/mol. The van der Waals surface area contributed by atoms with E-state index in [4.69, 9.17) is 23.7 Å². The number of esters is 4. The molecule has 5 atom stereocenters. The normalized spacial score (nSPS) is 21.7. The lowest BCUT2D eigenvalue weighted by atomic mass is 9.97. The number of benzene rings is 2. The van der Waals surface area contributed by atoms with E-state index in [2.05, 4.69) is 5.32 Å². The van der Waals surface area contributed by atoms with Gasteiger partial charge in [-0.3, -0.25) is 24.0 Å². The molecule has 3 rings (SSSR count). The minimum absolute atomic E-state index is 0.0191. The number of amides is 1. The summed E-state index contributed by atoms with van der Waals surface area (Å²) in [6.45, 7) is 6.85. The highest BCUT2D eigenvalue weighted by atomic mass is 16.7. The van der Waals surface area contributed by atoms with Crippen molar-refractivity contribution in [2.24, 2.45) is 0 Å². The number of ether oxygens (including phenoxy) is 5. The van der Waals surface area contributed by atoms with Gasteiger partial charge in [0.05, 0.1) is 12.8 Å². The molecule has 1 heterocycles. The van der Waals surface area contributed by atoms with E-state index in [1.54, 1.807) is 24.3 Å². The summed E-state index contributed by atoms with van der Waals surface area (Å²) >= 11 is 0. The van der Waals surface area contributed by atoms with Crippen molar-refractivity contribution in [2.75, 3.05) is 6.61 Å². The zero-order valence-electron chi connectivity index (χ0n) is 23.7. The number of nitrogens with one attached hydrogen (secondary N) is 1. The Hall–Kier alpha value is -4.25. The van der Waals surface area contributed by atoms with Crippen LogP contribution in [0.15, 0.2) is 48.5 Å². The molecule has 0 bridgehead atoms. The van der Waals surface area contributed by atoms with E-state index in [0.29, 0.717) is 0 Å². The van der Waals surface area contributed by atoms with Crippen LogP contribution in [-0.2, 0) is 60.5 Å². The first-order chi connectivity index (χ1) is 19.4. The molecule has 11 heteroatoms. The highest BCUT2D eigenvalue weighted by Gasteiger charge is 2.52. The lowest BCUT2D eigenvalue weighted by molar-refractivity contribution is -0.257. The summed E-state index contributed by atoms with van der Waals surface area (Å²) in [7, 11) is 0. The van der Waals surface area contributed by atoms with Gasteiger partial charge in [0.2, 0.25) is 5.91 Å². The molecule has 1 aliphatic rings. The first-order valence-corrected chi connectivity index (χ1v) is 13.1. The molecule has 1 N–H and O–H groups in total. The largest absolute Gasteiger partial charge is 0.463 e. The average molecular weight is 570 g/mol. The first-order valence-electron chi connectivity index (χ1n) is 13.1. The molecule has 2 unspecified atom stereocenters. The quantitative estimate of drug-likeness (QED) is 0.334. The van der Waals surface area contributed by atoms with Crippen molar-refractivity contribution in [3.05, 3.63) is 70.8 Å². The second kappa shape index (κ2) is 14.4. The van der Waals surface area contributed by atoms with Gasteiger partial charge in [-0.15, -0.1) is 0 Å². The van der Waals surface area contributed by atoms with E-state index in [1.807, 2.05) is 38.1 Å². The minimum Gasteiger partial charge on any atom is -0.463 e. The molecule has 0 radical (unpaired) electrons. The standard InChI is InChI=1S/C30H35NO10/c1-17-6-10-22(11-7-17)14-25(35)31-30-29(40-21(5)34)28(39-20(4)33)27(38-19(3)32)24(41-30)16-37-26(36)15-23-12-8-18(2)9-13-23/h6-13,24,27-30H,14-16H2,1-5H3,(H,31,35)/t24?,27-,28+,29?,30-/m1/s1. The second-order valence-electron chi connectivity index (χ2n) is 9.89. The number of carbonyl (C=O) groups excluding carboxylic acids is 5. The molecule has 0 aromatic heterocycles. The van der Waals surface area contributed by atoms with Gasteiger partial charge in [-0.1, -0.05) is 59.7 Å². The summed E-state index contributed by atoms with van der Waals surface area (Å²) in [6, 6.07) is 14.7. The maximum atomic E-state index is 13.0. The van der Waals surface area contributed by atoms with Gasteiger partial charge in [0.15, 0.2) is 24.5 Å². The number of carbonyl (C=O) groups is 5. The van der Waals surface area contributed by atoms with E-state index in [0.717, 1.165) is 43.0 Å². The fourth-order valence-electron chi connectivity index (χ4n) is 4.34. The van der Waals surface area contributed by atoms with E-state index in [-0.39, 0.29) is 12.8 Å². The molecular formula is C30H35NO10. The predicted octanol–water partition coefficient (Wildman–Crippen LogP) is 2.27. The first kappa shape index (κ1) is 31.3. The topological polar surface area (TPSA) is 144 Å². The Balaban J connectivity index is 1.84. The van der Waals surface area contributed by atoms with E-state index in [1.165, 1.54) is 0 Å². The van der Waals surface area contributed by atoms with Gasteiger partial charge in [-0.25, -0.2) is 0 Å². The fourth-order valence-corrected chi connectivity index (χ4v) is 4.34. The third-order valence-corrected chi connectivity index (χ3v) is 6.21. The van der Waals surface area contributed by atoms with Crippen molar-refractivity contribution < 1.29 is 47.7 Å². The van der Waals surface area contributed by atoms with Gasteiger partial charge < -0.3 is 29.0 Å². The van der Waals surface area contributed by atoms with Crippen molar-refractivity contribution in [2.45, 2.75) is 78.1 Å². The van der Waals surface area contributed by atoms with Crippen LogP contribution < -0.4 is 5.32 Å². The molecule has 2 aromatic carbocycles.